The SMILES string of the molecule is Cn1cc(C2CC(N)CCO2)c(C(C)(C)C)n1. The summed E-state index contributed by atoms with van der Waals surface area (Å²) in [7, 11) is 1.96. The number of aromatic nitrogens is 2. The lowest BCUT2D eigenvalue weighted by Crippen LogP contribution is -2.31. The van der Waals surface area contributed by atoms with Crippen LogP contribution in [0.1, 0.15) is 51.0 Å². The highest BCUT2D eigenvalue weighted by molar-refractivity contribution is 5.27. The highest BCUT2D eigenvalue weighted by Gasteiger charge is 2.30. The van der Waals surface area contributed by atoms with Crippen molar-refractivity contribution in [1.82, 2.24) is 9.78 Å². The maximum Gasteiger partial charge on any atom is 0.0873 e. The van der Waals surface area contributed by atoms with Crippen molar-refractivity contribution in [3.8, 4) is 0 Å². The average Bonchev–Trinajstić information content (AvgIpc) is 2.60. The second-order valence-electron chi connectivity index (χ2n) is 6.00. The third-order valence-electron chi connectivity index (χ3n) is 3.24. The molecule has 1 aliphatic rings. The second kappa shape index (κ2) is 4.42. The molecule has 1 aromatic rings. The number of nitrogens with two attached hydrogens (primary N) is 1. The molecule has 2 atom stereocenters. The Kier molecular flexibility index (Phi) is 3.27. The van der Waals surface area contributed by atoms with Gasteiger partial charge in [0.25, 0.3) is 0 Å². The number of nitrogens with zero attached hydrogens (tertiary/aromatic N) is 2. The van der Waals surface area contributed by atoms with Crippen molar-refractivity contribution in [2.45, 2.75) is 51.2 Å². The summed E-state index contributed by atoms with van der Waals surface area (Å²) in [6.07, 6.45) is 4.04. The molecule has 17 heavy (non-hydrogen) atoms. The van der Waals surface area contributed by atoms with E-state index in [1.54, 1.807) is 0 Å². The van der Waals surface area contributed by atoms with Crippen LogP contribution in [0.25, 0.3) is 0 Å². The molecule has 1 saturated heterocycles. The van der Waals surface area contributed by atoms with Gasteiger partial charge < -0.3 is 10.5 Å². The van der Waals surface area contributed by atoms with Crippen molar-refractivity contribution in [2.24, 2.45) is 12.8 Å². The van der Waals surface area contributed by atoms with Crippen molar-refractivity contribution in [2.75, 3.05) is 6.61 Å². The van der Waals surface area contributed by atoms with E-state index in [2.05, 4.69) is 32.1 Å². The normalized spacial score (nSPS) is 26.2. The highest BCUT2D eigenvalue weighted by atomic mass is 16.5. The number of ether oxygens (including phenoxy) is 1. The van der Waals surface area contributed by atoms with Crippen LogP contribution in [0.4, 0.5) is 0 Å². The molecule has 2 N–H and O–H groups in total. The first-order valence-corrected chi connectivity index (χ1v) is 6.29. The highest BCUT2D eigenvalue weighted by Crippen LogP contribution is 2.34. The van der Waals surface area contributed by atoms with Gasteiger partial charge in [-0.25, -0.2) is 0 Å². The molecule has 2 unspecified atom stereocenters. The van der Waals surface area contributed by atoms with Crippen LogP contribution < -0.4 is 5.73 Å². The zero-order chi connectivity index (χ0) is 12.6. The molecule has 2 rings (SSSR count). The van der Waals surface area contributed by atoms with Crippen LogP contribution in [0.15, 0.2) is 6.20 Å². The third kappa shape index (κ3) is 2.69. The lowest BCUT2D eigenvalue weighted by molar-refractivity contribution is 0.00568. The van der Waals surface area contributed by atoms with Gasteiger partial charge in [-0.3, -0.25) is 4.68 Å². The average molecular weight is 237 g/mol. The van der Waals surface area contributed by atoms with Gasteiger partial charge >= 0.3 is 0 Å². The first-order chi connectivity index (χ1) is 7.88. The van der Waals surface area contributed by atoms with Crippen molar-refractivity contribution in [3.05, 3.63) is 17.5 Å². The van der Waals surface area contributed by atoms with Crippen LogP contribution in [0.2, 0.25) is 0 Å². The van der Waals surface area contributed by atoms with Crippen molar-refractivity contribution in [3.63, 3.8) is 0 Å². The summed E-state index contributed by atoms with van der Waals surface area (Å²) in [5, 5.41) is 4.58. The Morgan fingerprint density at radius 2 is 2.18 bits per heavy atom. The smallest absolute Gasteiger partial charge is 0.0873 e. The molecule has 0 spiro atoms. The second-order valence-corrected chi connectivity index (χ2v) is 6.00. The van der Waals surface area contributed by atoms with Gasteiger partial charge in [0.1, 0.15) is 0 Å². The number of hydrogen-bond acceptors (Lipinski definition) is 3. The zero-order valence-corrected chi connectivity index (χ0v) is 11.2. The van der Waals surface area contributed by atoms with Gasteiger partial charge in [0.2, 0.25) is 0 Å². The molecular formula is C13H23N3O. The Hall–Kier alpha value is -0.870. The molecule has 96 valence electrons. The fourth-order valence-corrected chi connectivity index (χ4v) is 2.36. The first-order valence-electron chi connectivity index (χ1n) is 6.29. The number of aryl methyl sites for hydroxylation is 1. The predicted molar refractivity (Wildman–Crippen MR) is 67.8 cm³/mol. The van der Waals surface area contributed by atoms with Gasteiger partial charge in [0, 0.05) is 36.9 Å². The molecule has 2 heterocycles. The summed E-state index contributed by atoms with van der Waals surface area (Å²) in [4.78, 5) is 0. The summed E-state index contributed by atoms with van der Waals surface area (Å²) >= 11 is 0. The lowest BCUT2D eigenvalue weighted by atomic mass is 9.86. The van der Waals surface area contributed by atoms with E-state index in [0.29, 0.717) is 0 Å². The van der Waals surface area contributed by atoms with Crippen LogP contribution in [0.5, 0.6) is 0 Å². The molecule has 1 aromatic heterocycles. The molecular weight excluding hydrogens is 214 g/mol. The minimum absolute atomic E-state index is 0.0432. The Balaban J connectivity index is 2.31. The van der Waals surface area contributed by atoms with E-state index >= 15 is 0 Å². The molecule has 0 radical (unpaired) electrons. The summed E-state index contributed by atoms with van der Waals surface area (Å²) in [6, 6.07) is 0.252. The summed E-state index contributed by atoms with van der Waals surface area (Å²) in [6.45, 7) is 7.30. The number of hydrogen-bond donors (Lipinski definition) is 1. The molecule has 0 saturated carbocycles. The standard InChI is InChI=1S/C13H23N3O/c1-13(2,3)12-10(8-16(4)15-12)11-7-9(14)5-6-17-11/h8-9,11H,5-7,14H2,1-4H3. The van der Waals surface area contributed by atoms with Gasteiger partial charge in [-0.1, -0.05) is 20.8 Å². The van der Waals surface area contributed by atoms with Crippen LogP contribution in [0.3, 0.4) is 0 Å². The Morgan fingerprint density at radius 1 is 1.47 bits per heavy atom. The number of rotatable bonds is 1. The molecule has 0 aromatic carbocycles. The fraction of sp³-hybridized carbons (Fsp3) is 0.769. The maximum absolute atomic E-state index is 6.02. The Labute approximate surface area is 103 Å². The molecule has 0 amide bonds. The predicted octanol–water partition coefficient (Wildman–Crippen LogP) is 1.90. The quantitative estimate of drug-likeness (QED) is 0.811. The topological polar surface area (TPSA) is 53.1 Å². The van der Waals surface area contributed by atoms with E-state index in [4.69, 9.17) is 10.5 Å². The molecule has 1 fully saturated rings. The van der Waals surface area contributed by atoms with E-state index in [0.717, 1.165) is 25.1 Å². The van der Waals surface area contributed by atoms with Gasteiger partial charge in [-0.05, 0) is 12.8 Å². The van der Waals surface area contributed by atoms with E-state index in [9.17, 15) is 0 Å². The summed E-state index contributed by atoms with van der Waals surface area (Å²) < 4.78 is 7.72. The maximum atomic E-state index is 6.02. The summed E-state index contributed by atoms with van der Waals surface area (Å²) in [5.74, 6) is 0. The van der Waals surface area contributed by atoms with Gasteiger partial charge in [0.05, 0.1) is 11.8 Å². The first kappa shape index (κ1) is 12.6. The zero-order valence-electron chi connectivity index (χ0n) is 11.2. The van der Waals surface area contributed by atoms with Crippen LogP contribution in [-0.4, -0.2) is 22.4 Å². The van der Waals surface area contributed by atoms with Gasteiger partial charge in [0.15, 0.2) is 0 Å². The molecule has 1 aliphatic heterocycles. The summed E-state index contributed by atoms with van der Waals surface area (Å²) in [5.41, 5.74) is 8.39. The van der Waals surface area contributed by atoms with Gasteiger partial charge in [-0.2, -0.15) is 5.10 Å². The van der Waals surface area contributed by atoms with Crippen molar-refractivity contribution < 1.29 is 4.74 Å². The molecule has 0 bridgehead atoms. The largest absolute Gasteiger partial charge is 0.373 e. The van der Waals surface area contributed by atoms with Crippen molar-refractivity contribution >= 4 is 0 Å². The molecule has 0 aliphatic carbocycles. The van der Waals surface area contributed by atoms with Crippen LogP contribution in [-0.2, 0) is 17.2 Å². The Bertz CT molecular complexity index is 392. The lowest BCUT2D eigenvalue weighted by Gasteiger charge is -2.29. The van der Waals surface area contributed by atoms with Gasteiger partial charge in [-0.15, -0.1) is 0 Å². The molecule has 4 heteroatoms. The van der Waals surface area contributed by atoms with E-state index in [1.165, 1.54) is 5.56 Å². The van der Waals surface area contributed by atoms with Crippen LogP contribution >= 0.6 is 0 Å². The monoisotopic (exact) mass is 237 g/mol. The minimum Gasteiger partial charge on any atom is -0.373 e. The minimum atomic E-state index is 0.0432. The fourth-order valence-electron chi connectivity index (χ4n) is 2.36. The van der Waals surface area contributed by atoms with Crippen molar-refractivity contribution in [1.29, 1.82) is 0 Å². The molecule has 4 nitrogen and oxygen atoms in total. The third-order valence-corrected chi connectivity index (χ3v) is 3.24. The van der Waals surface area contributed by atoms with Crippen LogP contribution in [0, 0.1) is 0 Å². The Morgan fingerprint density at radius 3 is 2.76 bits per heavy atom. The van der Waals surface area contributed by atoms with E-state index < -0.39 is 0 Å². The van der Waals surface area contributed by atoms with E-state index in [-0.39, 0.29) is 17.6 Å². The van der Waals surface area contributed by atoms with E-state index in [1.807, 2.05) is 11.7 Å².